The molecule has 1 aromatic heterocycles. The summed E-state index contributed by atoms with van der Waals surface area (Å²) < 4.78 is 41.6. The maximum absolute atomic E-state index is 13.4. The van der Waals surface area contributed by atoms with Crippen molar-refractivity contribution in [2.45, 2.75) is 50.8 Å². The highest BCUT2D eigenvalue weighted by Gasteiger charge is 2.53. The third-order valence-electron chi connectivity index (χ3n) is 7.86. The average Bonchev–Trinajstić information content (AvgIpc) is 3.43. The molecule has 2 saturated heterocycles. The first-order valence-electron chi connectivity index (χ1n) is 13.3. The van der Waals surface area contributed by atoms with Crippen LogP contribution >= 0.6 is 11.3 Å². The van der Waals surface area contributed by atoms with Crippen molar-refractivity contribution in [2.24, 2.45) is 5.41 Å². The van der Waals surface area contributed by atoms with Crippen LogP contribution in [0.1, 0.15) is 49.1 Å². The number of halogens is 1. The molecule has 1 amide bonds. The number of hydrogen-bond donors (Lipinski definition) is 1. The predicted octanol–water partition coefficient (Wildman–Crippen LogP) is 4.91. The molecule has 2 aliphatic rings. The van der Waals surface area contributed by atoms with Gasteiger partial charge in [-0.1, -0.05) is 42.5 Å². The number of sulfonamides is 1. The van der Waals surface area contributed by atoms with Gasteiger partial charge >= 0.3 is 0 Å². The Labute approximate surface area is 234 Å². The van der Waals surface area contributed by atoms with Crippen LogP contribution in [0.25, 0.3) is 0 Å². The Bertz CT molecular complexity index is 1400. The summed E-state index contributed by atoms with van der Waals surface area (Å²) in [6, 6.07) is 15.7. The second kappa shape index (κ2) is 11.1. The van der Waals surface area contributed by atoms with E-state index in [1.165, 1.54) is 23.5 Å². The quantitative estimate of drug-likeness (QED) is 0.416. The summed E-state index contributed by atoms with van der Waals surface area (Å²) in [4.78, 5) is 20.2. The summed E-state index contributed by atoms with van der Waals surface area (Å²) >= 11 is 1.42. The molecular formula is C29H35FN4O3S2. The lowest BCUT2D eigenvalue weighted by Gasteiger charge is -2.39. The molecule has 2 aromatic carbocycles. The van der Waals surface area contributed by atoms with Crippen LogP contribution in [0.4, 0.5) is 9.52 Å². The Morgan fingerprint density at radius 1 is 1.05 bits per heavy atom. The fraction of sp³-hybridized carbons (Fsp3) is 0.448. The fourth-order valence-electron chi connectivity index (χ4n) is 6.05. The highest BCUT2D eigenvalue weighted by Crippen LogP contribution is 2.49. The van der Waals surface area contributed by atoms with Crippen molar-refractivity contribution in [1.29, 1.82) is 0 Å². The number of aromatic nitrogens is 1. The van der Waals surface area contributed by atoms with E-state index in [4.69, 9.17) is 0 Å². The second-order valence-electron chi connectivity index (χ2n) is 11.5. The predicted molar refractivity (Wildman–Crippen MR) is 153 cm³/mol. The molecule has 0 saturated carbocycles. The molecule has 1 N–H and O–H groups in total. The maximum atomic E-state index is 13.4. The number of anilines is 1. The van der Waals surface area contributed by atoms with Gasteiger partial charge in [-0.25, -0.2) is 17.8 Å². The van der Waals surface area contributed by atoms with Crippen LogP contribution in [0.2, 0.25) is 0 Å². The third kappa shape index (κ3) is 6.74. The SMILES string of the molecule is CC1(C)CC2(CCN(CC(=O)Nc3ncc(Cc4ccc(F)cc4)s3)CC2)CN1S(=O)(=O)Cc1ccccc1. The molecule has 0 unspecified atom stereocenters. The Morgan fingerprint density at radius 2 is 1.74 bits per heavy atom. The molecular weight excluding hydrogens is 535 g/mol. The smallest absolute Gasteiger partial charge is 0.240 e. The first kappa shape index (κ1) is 27.9. The van der Waals surface area contributed by atoms with Gasteiger partial charge in [0.25, 0.3) is 0 Å². The van der Waals surface area contributed by atoms with Gasteiger partial charge in [-0.05, 0) is 74.9 Å². The van der Waals surface area contributed by atoms with E-state index in [9.17, 15) is 17.6 Å². The van der Waals surface area contributed by atoms with Crippen molar-refractivity contribution in [3.8, 4) is 0 Å². The number of nitrogens with zero attached hydrogens (tertiary/aromatic N) is 3. The van der Waals surface area contributed by atoms with Gasteiger partial charge < -0.3 is 5.32 Å². The van der Waals surface area contributed by atoms with Gasteiger partial charge in [-0.3, -0.25) is 9.69 Å². The summed E-state index contributed by atoms with van der Waals surface area (Å²) in [5.74, 6) is -0.351. The topological polar surface area (TPSA) is 82.6 Å². The molecule has 0 aliphatic carbocycles. The van der Waals surface area contributed by atoms with Crippen LogP contribution in [0.15, 0.2) is 60.8 Å². The van der Waals surface area contributed by atoms with Crippen molar-refractivity contribution in [3.63, 3.8) is 0 Å². The molecule has 2 fully saturated rings. The lowest BCUT2D eigenvalue weighted by atomic mass is 9.74. The molecule has 7 nitrogen and oxygen atoms in total. The number of carbonyl (C=O) groups is 1. The number of rotatable bonds is 8. The summed E-state index contributed by atoms with van der Waals surface area (Å²) in [5, 5.41) is 3.47. The molecule has 3 heterocycles. The maximum Gasteiger partial charge on any atom is 0.240 e. The summed E-state index contributed by atoms with van der Waals surface area (Å²) in [6.45, 7) is 6.38. The van der Waals surface area contributed by atoms with Crippen LogP contribution in [-0.4, -0.2) is 60.2 Å². The minimum atomic E-state index is -3.45. The number of hydrogen-bond acceptors (Lipinski definition) is 6. The summed E-state index contributed by atoms with van der Waals surface area (Å²) in [6.07, 6.45) is 4.93. The van der Waals surface area contributed by atoms with E-state index in [0.29, 0.717) is 18.1 Å². The number of nitrogens with one attached hydrogen (secondary N) is 1. The van der Waals surface area contributed by atoms with E-state index in [1.54, 1.807) is 22.6 Å². The second-order valence-corrected chi connectivity index (χ2v) is 14.5. The Balaban J connectivity index is 1.13. The van der Waals surface area contributed by atoms with Crippen molar-refractivity contribution in [1.82, 2.24) is 14.2 Å². The lowest BCUT2D eigenvalue weighted by Crippen LogP contribution is -2.45. The normalized spacial score (nSPS) is 19.4. The minimum Gasteiger partial charge on any atom is -0.301 e. The van der Waals surface area contributed by atoms with E-state index in [0.717, 1.165) is 48.4 Å². The fourth-order valence-corrected chi connectivity index (χ4v) is 8.97. The van der Waals surface area contributed by atoms with Crippen LogP contribution in [0.3, 0.4) is 0 Å². The average molecular weight is 571 g/mol. The Morgan fingerprint density at radius 3 is 2.44 bits per heavy atom. The minimum absolute atomic E-state index is 0.0159. The van der Waals surface area contributed by atoms with Crippen LogP contribution in [0.5, 0.6) is 0 Å². The van der Waals surface area contributed by atoms with Crippen LogP contribution in [-0.2, 0) is 27.0 Å². The Kier molecular flexibility index (Phi) is 7.92. The zero-order valence-corrected chi connectivity index (χ0v) is 24.0. The van der Waals surface area contributed by atoms with E-state index >= 15 is 0 Å². The van der Waals surface area contributed by atoms with E-state index in [2.05, 4.69) is 15.2 Å². The van der Waals surface area contributed by atoms with Gasteiger partial charge in [0.05, 0.1) is 12.3 Å². The summed E-state index contributed by atoms with van der Waals surface area (Å²) in [5.41, 5.74) is 1.29. The number of piperidine rings is 1. The number of amides is 1. The summed E-state index contributed by atoms with van der Waals surface area (Å²) in [7, 11) is -3.45. The molecule has 0 radical (unpaired) electrons. The van der Waals surface area contributed by atoms with Gasteiger partial charge in [-0.2, -0.15) is 4.31 Å². The molecule has 0 atom stereocenters. The number of carbonyl (C=O) groups excluding carboxylic acids is 1. The van der Waals surface area contributed by atoms with Crippen molar-refractivity contribution < 1.29 is 17.6 Å². The van der Waals surface area contributed by atoms with Gasteiger partial charge in [0.1, 0.15) is 5.82 Å². The molecule has 208 valence electrons. The molecule has 5 rings (SSSR count). The number of likely N-dealkylation sites (tertiary alicyclic amines) is 1. The Hall–Kier alpha value is -2.66. The largest absolute Gasteiger partial charge is 0.301 e. The van der Waals surface area contributed by atoms with Crippen LogP contribution < -0.4 is 5.32 Å². The first-order valence-corrected chi connectivity index (χ1v) is 15.7. The molecule has 39 heavy (non-hydrogen) atoms. The van der Waals surface area contributed by atoms with Crippen molar-refractivity contribution >= 4 is 32.4 Å². The van der Waals surface area contributed by atoms with E-state index in [1.807, 2.05) is 44.2 Å². The molecule has 0 bridgehead atoms. The van der Waals surface area contributed by atoms with E-state index < -0.39 is 15.6 Å². The van der Waals surface area contributed by atoms with E-state index in [-0.39, 0.29) is 29.4 Å². The van der Waals surface area contributed by atoms with Gasteiger partial charge in [0, 0.05) is 29.6 Å². The highest BCUT2D eigenvalue weighted by molar-refractivity contribution is 7.88. The standard InChI is InChI=1S/C29H35FN4O3S2/c1-28(2)20-29(21-34(28)39(36,37)19-23-6-4-3-5-7-23)12-14-33(15-13-29)18-26(35)32-27-31-17-25(38-27)16-22-8-10-24(30)11-9-22/h3-11,17H,12-16,18-21H2,1-2H3,(H,31,32,35). The monoisotopic (exact) mass is 570 g/mol. The van der Waals surface area contributed by atoms with Gasteiger partial charge in [0.2, 0.25) is 15.9 Å². The highest BCUT2D eigenvalue weighted by atomic mass is 32.2. The van der Waals surface area contributed by atoms with Crippen molar-refractivity contribution in [2.75, 3.05) is 31.5 Å². The van der Waals surface area contributed by atoms with Gasteiger partial charge in [-0.15, -0.1) is 11.3 Å². The third-order valence-corrected chi connectivity index (χ3v) is 10.8. The number of benzene rings is 2. The number of thiazole rings is 1. The first-order chi connectivity index (χ1) is 18.5. The lowest BCUT2D eigenvalue weighted by molar-refractivity contribution is -0.117. The molecule has 10 heteroatoms. The van der Waals surface area contributed by atoms with Gasteiger partial charge in [0.15, 0.2) is 5.13 Å². The molecule has 2 aliphatic heterocycles. The molecule has 3 aromatic rings. The van der Waals surface area contributed by atoms with Crippen LogP contribution in [0, 0.1) is 11.2 Å². The van der Waals surface area contributed by atoms with Crippen molar-refractivity contribution in [3.05, 3.63) is 82.6 Å². The zero-order chi connectivity index (χ0) is 27.7. The molecule has 1 spiro atoms. The zero-order valence-electron chi connectivity index (χ0n) is 22.4.